The molecule has 7 heteroatoms. The molecule has 5 atom stereocenters. The van der Waals surface area contributed by atoms with Crippen LogP contribution in [0, 0.1) is 27.9 Å². The van der Waals surface area contributed by atoms with Crippen molar-refractivity contribution in [3.05, 3.63) is 69.4 Å². The summed E-state index contributed by atoms with van der Waals surface area (Å²) >= 11 is 0. The minimum atomic E-state index is -0.306. The number of aliphatic hydroxyl groups is 1. The summed E-state index contributed by atoms with van der Waals surface area (Å²) in [5.41, 5.74) is 4.26. The molecule has 3 aromatic rings. The fraction of sp³-hybridized carbons (Fsp3) is 0.440. The highest BCUT2D eigenvalue weighted by molar-refractivity contribution is 5.92. The van der Waals surface area contributed by atoms with Gasteiger partial charge in [-0.1, -0.05) is 24.3 Å². The molecule has 0 amide bonds. The molecule has 1 saturated heterocycles. The van der Waals surface area contributed by atoms with E-state index >= 15 is 0 Å². The predicted octanol–water partition coefficient (Wildman–Crippen LogP) is 3.94. The molecule has 0 radical (unpaired) electrons. The summed E-state index contributed by atoms with van der Waals surface area (Å²) < 4.78 is 0. The van der Waals surface area contributed by atoms with Crippen LogP contribution < -0.4 is 0 Å². The van der Waals surface area contributed by atoms with Gasteiger partial charge in [0.15, 0.2) is 0 Å². The third-order valence-electron chi connectivity index (χ3n) is 7.88. The first kappa shape index (κ1) is 19.8. The molecule has 2 fully saturated rings. The maximum absolute atomic E-state index is 11.5. The van der Waals surface area contributed by atoms with E-state index in [4.69, 9.17) is 0 Å². The standard InChI is InChI=1S/C25H27N3O4/c29-17-4-1-3-15(9-17)25(20-12-23(20)30)27-8-7-14-11-21-19(10-16(14)13-27)18-5-2-6-22(28(31)32)24(18)26-21/h1-6,9,14,16,20,23,25-26,29-30H,7-8,10-13H2. The number of nitrogens with one attached hydrogen (secondary N) is 1. The number of aromatic amines is 1. The van der Waals surface area contributed by atoms with Crippen LogP contribution in [0.25, 0.3) is 10.9 Å². The Labute approximate surface area is 185 Å². The Morgan fingerprint density at radius 1 is 1.16 bits per heavy atom. The van der Waals surface area contributed by atoms with Crippen molar-refractivity contribution in [2.45, 2.75) is 37.8 Å². The molecular weight excluding hydrogens is 406 g/mol. The summed E-state index contributed by atoms with van der Waals surface area (Å²) in [7, 11) is 0. The molecule has 166 valence electrons. The molecule has 3 N–H and O–H groups in total. The summed E-state index contributed by atoms with van der Waals surface area (Å²) in [5.74, 6) is 1.51. The third kappa shape index (κ3) is 3.19. The predicted molar refractivity (Wildman–Crippen MR) is 120 cm³/mol. The Morgan fingerprint density at radius 3 is 2.72 bits per heavy atom. The van der Waals surface area contributed by atoms with Crippen molar-refractivity contribution in [3.8, 4) is 5.75 Å². The number of nitro benzene ring substituents is 1. The number of aliphatic hydroxyl groups excluding tert-OH is 1. The number of non-ortho nitro benzene ring substituents is 1. The Bertz CT molecular complexity index is 1210. The molecule has 6 rings (SSSR count). The Hall–Kier alpha value is -2.90. The SMILES string of the molecule is O=[N+]([O-])c1cccc2c3c([nH]c12)CC1CCN(C(c2cccc(O)c2)C2CC2O)CC1C3. The monoisotopic (exact) mass is 433 g/mol. The van der Waals surface area contributed by atoms with Crippen LogP contribution in [0.2, 0.25) is 0 Å². The van der Waals surface area contributed by atoms with Gasteiger partial charge in [-0.25, -0.2) is 0 Å². The number of phenols is 1. The van der Waals surface area contributed by atoms with E-state index in [1.807, 2.05) is 18.2 Å². The molecule has 2 aliphatic carbocycles. The van der Waals surface area contributed by atoms with Crippen molar-refractivity contribution < 1.29 is 15.1 Å². The van der Waals surface area contributed by atoms with Gasteiger partial charge in [-0.05, 0) is 67.3 Å². The van der Waals surface area contributed by atoms with Crippen LogP contribution >= 0.6 is 0 Å². The molecule has 2 aromatic carbocycles. The quantitative estimate of drug-likeness (QED) is 0.427. The molecule has 5 unspecified atom stereocenters. The highest BCUT2D eigenvalue weighted by Crippen LogP contribution is 2.48. The van der Waals surface area contributed by atoms with Crippen LogP contribution in [0.3, 0.4) is 0 Å². The third-order valence-corrected chi connectivity index (χ3v) is 7.88. The fourth-order valence-corrected chi connectivity index (χ4v) is 6.23. The average Bonchev–Trinajstić information content (AvgIpc) is 3.37. The van der Waals surface area contributed by atoms with Crippen molar-refractivity contribution in [3.63, 3.8) is 0 Å². The zero-order valence-electron chi connectivity index (χ0n) is 17.8. The largest absolute Gasteiger partial charge is 0.508 e. The molecule has 0 spiro atoms. The van der Waals surface area contributed by atoms with Crippen molar-refractivity contribution in [2.75, 3.05) is 13.1 Å². The zero-order valence-corrected chi connectivity index (χ0v) is 17.8. The Morgan fingerprint density at radius 2 is 1.97 bits per heavy atom. The second-order valence-electron chi connectivity index (χ2n) is 9.76. The number of aromatic hydroxyl groups is 1. The second-order valence-corrected chi connectivity index (χ2v) is 9.76. The first-order valence-corrected chi connectivity index (χ1v) is 11.5. The van der Waals surface area contributed by atoms with Gasteiger partial charge < -0.3 is 15.2 Å². The molecule has 32 heavy (non-hydrogen) atoms. The van der Waals surface area contributed by atoms with Gasteiger partial charge >= 0.3 is 0 Å². The number of phenolic OH excluding ortho intramolecular Hbond substituents is 1. The van der Waals surface area contributed by atoms with Crippen molar-refractivity contribution >= 4 is 16.6 Å². The smallest absolute Gasteiger partial charge is 0.293 e. The number of hydrogen-bond donors (Lipinski definition) is 3. The van der Waals surface area contributed by atoms with E-state index in [1.165, 1.54) is 5.56 Å². The van der Waals surface area contributed by atoms with Crippen molar-refractivity contribution in [1.82, 2.24) is 9.88 Å². The van der Waals surface area contributed by atoms with Crippen LogP contribution in [0.4, 0.5) is 5.69 Å². The van der Waals surface area contributed by atoms with Gasteiger partial charge in [-0.2, -0.15) is 0 Å². The van der Waals surface area contributed by atoms with Crippen molar-refractivity contribution in [1.29, 1.82) is 0 Å². The minimum absolute atomic E-state index is 0.114. The lowest BCUT2D eigenvalue weighted by Gasteiger charge is -2.44. The van der Waals surface area contributed by atoms with Gasteiger partial charge in [-0.3, -0.25) is 15.0 Å². The molecule has 3 aliphatic rings. The minimum Gasteiger partial charge on any atom is -0.508 e. The Balaban J connectivity index is 1.31. The number of piperidine rings is 1. The number of aromatic nitrogens is 1. The lowest BCUT2D eigenvalue weighted by atomic mass is 9.73. The highest BCUT2D eigenvalue weighted by atomic mass is 16.6. The fourth-order valence-electron chi connectivity index (χ4n) is 6.23. The van der Waals surface area contributed by atoms with Crippen LogP contribution in [0.15, 0.2) is 42.5 Å². The molecule has 1 aromatic heterocycles. The topological polar surface area (TPSA) is 103 Å². The number of para-hydroxylation sites is 1. The van der Waals surface area contributed by atoms with E-state index in [9.17, 15) is 20.3 Å². The number of benzene rings is 2. The first-order valence-electron chi connectivity index (χ1n) is 11.5. The van der Waals surface area contributed by atoms with E-state index in [0.29, 0.717) is 17.4 Å². The van der Waals surface area contributed by atoms with E-state index < -0.39 is 0 Å². The summed E-state index contributed by atoms with van der Waals surface area (Å²) in [6.45, 7) is 1.90. The van der Waals surface area contributed by atoms with Gasteiger partial charge in [0.1, 0.15) is 11.3 Å². The maximum atomic E-state index is 11.5. The summed E-state index contributed by atoms with van der Waals surface area (Å²) in [6, 6.07) is 12.9. The van der Waals surface area contributed by atoms with Crippen LogP contribution in [0.1, 0.15) is 35.7 Å². The van der Waals surface area contributed by atoms with Crippen molar-refractivity contribution in [2.24, 2.45) is 17.8 Å². The molecule has 1 aliphatic heterocycles. The van der Waals surface area contributed by atoms with Gasteiger partial charge in [0, 0.05) is 35.7 Å². The van der Waals surface area contributed by atoms with Gasteiger partial charge in [0.2, 0.25) is 0 Å². The van der Waals surface area contributed by atoms with Crippen LogP contribution in [0.5, 0.6) is 5.75 Å². The van der Waals surface area contributed by atoms with Gasteiger partial charge in [0.25, 0.3) is 5.69 Å². The number of nitro groups is 1. The zero-order chi connectivity index (χ0) is 22.0. The van der Waals surface area contributed by atoms with Gasteiger partial charge in [-0.15, -0.1) is 0 Å². The normalized spacial score (nSPS) is 28.2. The molecular formula is C25H27N3O4. The number of rotatable bonds is 4. The molecule has 1 saturated carbocycles. The Kier molecular flexibility index (Phi) is 4.52. The van der Waals surface area contributed by atoms with E-state index in [1.54, 1.807) is 18.2 Å². The summed E-state index contributed by atoms with van der Waals surface area (Å²) in [4.78, 5) is 17.1. The molecule has 7 nitrogen and oxygen atoms in total. The summed E-state index contributed by atoms with van der Waals surface area (Å²) in [5, 5.41) is 32.7. The summed E-state index contributed by atoms with van der Waals surface area (Å²) in [6.07, 6.45) is 3.45. The molecule has 2 heterocycles. The number of fused-ring (bicyclic) bond motifs is 4. The number of likely N-dealkylation sites (tertiary alicyclic amines) is 1. The number of hydrogen-bond acceptors (Lipinski definition) is 5. The second kappa shape index (κ2) is 7.32. The van der Waals surface area contributed by atoms with E-state index in [0.717, 1.165) is 55.4 Å². The average molecular weight is 434 g/mol. The van der Waals surface area contributed by atoms with E-state index in [2.05, 4.69) is 16.0 Å². The van der Waals surface area contributed by atoms with E-state index in [-0.39, 0.29) is 34.4 Å². The van der Waals surface area contributed by atoms with Gasteiger partial charge in [0.05, 0.1) is 11.0 Å². The first-order chi connectivity index (χ1) is 15.5. The molecule has 0 bridgehead atoms. The number of H-pyrrole nitrogens is 1. The lowest BCUT2D eigenvalue weighted by Crippen LogP contribution is -2.46. The lowest BCUT2D eigenvalue weighted by molar-refractivity contribution is -0.383. The van der Waals surface area contributed by atoms with Crippen LogP contribution in [-0.4, -0.2) is 44.2 Å². The van der Waals surface area contributed by atoms with Crippen LogP contribution in [-0.2, 0) is 12.8 Å². The number of nitrogens with zero attached hydrogens (tertiary/aromatic N) is 2. The highest BCUT2D eigenvalue weighted by Gasteiger charge is 2.47. The maximum Gasteiger partial charge on any atom is 0.293 e.